The van der Waals surface area contributed by atoms with Gasteiger partial charge in [-0.15, -0.1) is 0 Å². The summed E-state index contributed by atoms with van der Waals surface area (Å²) in [5.74, 6) is -2.09. The van der Waals surface area contributed by atoms with Crippen LogP contribution in [0.25, 0.3) is 0 Å². The molecule has 3 amide bonds. The van der Waals surface area contributed by atoms with Crippen LogP contribution in [0.3, 0.4) is 0 Å². The van der Waals surface area contributed by atoms with Gasteiger partial charge < -0.3 is 34.9 Å². The molecule has 0 saturated carbocycles. The molecule has 4 fully saturated rings. The minimum atomic E-state index is -1.21. The number of carbonyl (C=O) groups is 3. The Balaban J connectivity index is 1.31. The van der Waals surface area contributed by atoms with Gasteiger partial charge in [0.25, 0.3) is 0 Å². The summed E-state index contributed by atoms with van der Waals surface area (Å²) >= 11 is 0. The van der Waals surface area contributed by atoms with Gasteiger partial charge in [-0.25, -0.2) is 0 Å². The molecule has 6 rings (SSSR count). The van der Waals surface area contributed by atoms with Gasteiger partial charge in [-0.1, -0.05) is 37.3 Å². The number of benzene rings is 2. The third kappa shape index (κ3) is 5.78. The molecule has 248 valence electrons. The molecule has 0 aromatic heterocycles. The maximum atomic E-state index is 14.7. The maximum absolute atomic E-state index is 14.7. The van der Waals surface area contributed by atoms with Crippen molar-refractivity contribution in [3.63, 3.8) is 0 Å². The summed E-state index contributed by atoms with van der Waals surface area (Å²) in [6.45, 7) is 9.98. The highest BCUT2D eigenvalue weighted by molar-refractivity contribution is 6.02. The van der Waals surface area contributed by atoms with Crippen LogP contribution in [0.5, 0.6) is 5.75 Å². The Kier molecular flexibility index (Phi) is 9.38. The summed E-state index contributed by atoms with van der Waals surface area (Å²) in [5, 5.41) is 16.8. The Labute approximate surface area is 270 Å². The Morgan fingerprint density at radius 3 is 2.48 bits per heavy atom. The van der Waals surface area contributed by atoms with Gasteiger partial charge in [-0.3, -0.25) is 19.3 Å². The van der Waals surface area contributed by atoms with E-state index < -0.39 is 35.1 Å². The van der Waals surface area contributed by atoms with E-state index in [0.29, 0.717) is 57.2 Å². The molecule has 11 nitrogen and oxygen atoms in total. The highest BCUT2D eigenvalue weighted by atomic mass is 16.5. The number of fused-ring (bicyclic) bond motifs is 1. The first-order valence-corrected chi connectivity index (χ1v) is 16.5. The first kappa shape index (κ1) is 32.4. The Morgan fingerprint density at radius 2 is 1.80 bits per heavy atom. The zero-order valence-electron chi connectivity index (χ0n) is 26.9. The molecule has 2 bridgehead atoms. The fourth-order valence-electron chi connectivity index (χ4n) is 8.19. The van der Waals surface area contributed by atoms with Crippen LogP contribution in [0.15, 0.2) is 54.6 Å². The number of aliphatic hydroxyl groups excluding tert-OH is 1. The largest absolute Gasteiger partial charge is 0.494 e. The van der Waals surface area contributed by atoms with Crippen LogP contribution < -0.4 is 15.4 Å². The first-order chi connectivity index (χ1) is 22.2. The van der Waals surface area contributed by atoms with E-state index >= 15 is 0 Å². The smallest absolute Gasteiger partial charge is 0.245 e. The number of carbonyl (C=O) groups excluding carboxylic acids is 3. The number of ether oxygens (including phenoxy) is 3. The lowest BCUT2D eigenvalue weighted by Crippen LogP contribution is -2.59. The molecule has 3 N–H and O–H groups in total. The van der Waals surface area contributed by atoms with Crippen LogP contribution in [0.4, 0.5) is 5.69 Å². The van der Waals surface area contributed by atoms with Gasteiger partial charge in [-0.2, -0.15) is 0 Å². The fraction of sp³-hybridized carbons (Fsp3) is 0.571. The normalized spacial score (nSPS) is 31.0. The standard InChI is InChI=1S/C35H46N4O7/c1-4-45-27-12-10-25(11-13-27)37-31(41)28-29-33(43)39(26(22-40)20-24-8-6-5-7-9-24)30(35(29)21-23(2)34(28,3)46-35)32(42)36-14-15-38-16-18-44-19-17-38/h5-13,23,26,28-30,40H,4,14-22H2,1-3H3,(H,36,42)(H,37,41)/t23?,26-,28+,29+,30?,34-,35?/m1/s1. The average Bonchev–Trinajstić information content (AvgIpc) is 3.58. The molecule has 7 atom stereocenters. The van der Waals surface area contributed by atoms with E-state index in [1.165, 1.54) is 4.90 Å². The van der Waals surface area contributed by atoms with Gasteiger partial charge in [0.05, 0.1) is 49.9 Å². The third-order valence-corrected chi connectivity index (χ3v) is 10.5. The van der Waals surface area contributed by atoms with Crippen LogP contribution in [0.1, 0.15) is 32.8 Å². The lowest BCUT2D eigenvalue weighted by molar-refractivity contribution is -0.149. The number of anilines is 1. The van der Waals surface area contributed by atoms with Crippen LogP contribution in [-0.2, 0) is 30.3 Å². The predicted octanol–water partition coefficient (Wildman–Crippen LogP) is 2.09. The van der Waals surface area contributed by atoms with Crippen LogP contribution >= 0.6 is 0 Å². The molecular formula is C35H46N4O7. The number of amides is 3. The molecule has 0 radical (unpaired) electrons. The molecule has 46 heavy (non-hydrogen) atoms. The summed E-state index contributed by atoms with van der Waals surface area (Å²) in [6.07, 6.45) is 0.813. The molecule has 4 heterocycles. The lowest BCUT2D eigenvalue weighted by Gasteiger charge is -2.37. The van der Waals surface area contributed by atoms with Crippen LogP contribution in [0, 0.1) is 17.8 Å². The zero-order valence-corrected chi connectivity index (χ0v) is 26.9. The van der Waals surface area contributed by atoms with Crippen molar-refractivity contribution in [2.45, 2.75) is 56.9 Å². The van der Waals surface area contributed by atoms with Crippen molar-refractivity contribution >= 4 is 23.4 Å². The topological polar surface area (TPSA) is 130 Å². The summed E-state index contributed by atoms with van der Waals surface area (Å²) < 4.78 is 17.9. The number of morpholine rings is 1. The second-order valence-electron chi connectivity index (χ2n) is 13.2. The molecule has 0 aliphatic carbocycles. The van der Waals surface area contributed by atoms with Gasteiger partial charge in [0.1, 0.15) is 17.4 Å². The highest BCUT2D eigenvalue weighted by Crippen LogP contribution is 2.65. The van der Waals surface area contributed by atoms with Crippen molar-refractivity contribution in [2.24, 2.45) is 17.8 Å². The minimum Gasteiger partial charge on any atom is -0.494 e. The summed E-state index contributed by atoms with van der Waals surface area (Å²) in [7, 11) is 0. The minimum absolute atomic E-state index is 0.0991. The molecule has 4 aliphatic heterocycles. The average molecular weight is 635 g/mol. The van der Waals surface area contributed by atoms with Gasteiger partial charge in [0.15, 0.2) is 0 Å². The highest BCUT2D eigenvalue weighted by Gasteiger charge is 2.80. The van der Waals surface area contributed by atoms with Crippen molar-refractivity contribution in [2.75, 3.05) is 57.9 Å². The number of aliphatic hydroxyl groups is 1. The molecule has 4 aliphatic rings. The number of hydrogen-bond acceptors (Lipinski definition) is 8. The Hall–Kier alpha value is -3.51. The lowest BCUT2D eigenvalue weighted by atomic mass is 9.62. The van der Waals surface area contributed by atoms with E-state index in [0.717, 1.165) is 18.7 Å². The third-order valence-electron chi connectivity index (χ3n) is 10.5. The Morgan fingerprint density at radius 1 is 1.09 bits per heavy atom. The molecule has 11 heteroatoms. The molecule has 1 spiro atoms. The first-order valence-electron chi connectivity index (χ1n) is 16.5. The number of rotatable bonds is 12. The molecule has 2 aromatic rings. The van der Waals surface area contributed by atoms with E-state index in [1.807, 2.05) is 51.1 Å². The quantitative estimate of drug-likeness (QED) is 0.324. The van der Waals surface area contributed by atoms with Gasteiger partial charge in [-0.05, 0) is 62.4 Å². The van der Waals surface area contributed by atoms with Gasteiger partial charge >= 0.3 is 0 Å². The summed E-state index contributed by atoms with van der Waals surface area (Å²) in [4.78, 5) is 46.9. The van der Waals surface area contributed by atoms with Crippen molar-refractivity contribution in [1.82, 2.24) is 15.1 Å². The number of nitrogens with one attached hydrogen (secondary N) is 2. The van der Waals surface area contributed by atoms with Crippen LogP contribution in [-0.4, -0.2) is 109 Å². The number of hydrogen-bond donors (Lipinski definition) is 3. The van der Waals surface area contributed by atoms with E-state index in [4.69, 9.17) is 14.2 Å². The summed E-state index contributed by atoms with van der Waals surface area (Å²) in [6, 6.07) is 15.1. The summed E-state index contributed by atoms with van der Waals surface area (Å²) in [5.41, 5.74) is -0.647. The molecule has 2 aromatic carbocycles. The van der Waals surface area contributed by atoms with Crippen molar-refractivity contribution in [3.8, 4) is 5.75 Å². The Bertz CT molecular complexity index is 1400. The van der Waals surface area contributed by atoms with E-state index in [2.05, 4.69) is 15.5 Å². The fourth-order valence-corrected chi connectivity index (χ4v) is 8.19. The number of nitrogens with zero attached hydrogens (tertiary/aromatic N) is 2. The SMILES string of the molecule is CCOc1ccc(NC(=O)[C@@H]2[C@H]3C(=O)N([C@@H](CO)Cc4ccccc4)C(C(=O)NCCN4CCOCC4)C34CC(C)[C@@]2(C)O4)cc1. The van der Waals surface area contributed by atoms with Crippen molar-refractivity contribution < 1.29 is 33.7 Å². The second-order valence-corrected chi connectivity index (χ2v) is 13.2. The molecule has 4 saturated heterocycles. The molecule has 3 unspecified atom stereocenters. The van der Waals surface area contributed by atoms with Crippen molar-refractivity contribution in [3.05, 3.63) is 60.2 Å². The zero-order chi connectivity index (χ0) is 32.5. The van der Waals surface area contributed by atoms with E-state index in [-0.39, 0.29) is 30.2 Å². The predicted molar refractivity (Wildman–Crippen MR) is 171 cm³/mol. The van der Waals surface area contributed by atoms with Crippen molar-refractivity contribution in [1.29, 1.82) is 0 Å². The van der Waals surface area contributed by atoms with E-state index in [1.54, 1.807) is 24.3 Å². The monoisotopic (exact) mass is 634 g/mol. The van der Waals surface area contributed by atoms with Gasteiger partial charge in [0, 0.05) is 31.9 Å². The second kappa shape index (κ2) is 13.3. The maximum Gasteiger partial charge on any atom is 0.245 e. The molecular weight excluding hydrogens is 588 g/mol. The van der Waals surface area contributed by atoms with Crippen LogP contribution in [0.2, 0.25) is 0 Å². The van der Waals surface area contributed by atoms with Gasteiger partial charge in [0.2, 0.25) is 17.7 Å². The number of likely N-dealkylation sites (tertiary alicyclic amines) is 1. The van der Waals surface area contributed by atoms with E-state index in [9.17, 15) is 19.5 Å².